The zero-order chi connectivity index (χ0) is 13.1. The summed E-state index contributed by atoms with van der Waals surface area (Å²) in [6.07, 6.45) is 8.79. The first-order valence-electron chi connectivity index (χ1n) is 6.96. The first-order valence-corrected chi connectivity index (χ1v) is 6.96. The number of allylic oxidation sites excluding steroid dienone is 2. The Kier molecular flexibility index (Phi) is 4.23. The molecule has 0 saturated carbocycles. The maximum atomic E-state index is 5.40. The average molecular weight is 247 g/mol. The van der Waals surface area contributed by atoms with Crippen LogP contribution in [0.25, 0.3) is 0 Å². The molecule has 2 atom stereocenters. The van der Waals surface area contributed by atoms with Crippen molar-refractivity contribution in [3.63, 3.8) is 0 Å². The van der Waals surface area contributed by atoms with Crippen LogP contribution in [0.15, 0.2) is 27.9 Å². The lowest BCUT2D eigenvalue weighted by Crippen LogP contribution is -2.42. The molecule has 0 spiro atoms. The Hall–Kier alpha value is -1.09. The van der Waals surface area contributed by atoms with Crippen LogP contribution in [0.1, 0.15) is 39.5 Å². The van der Waals surface area contributed by atoms with E-state index in [-0.39, 0.29) is 0 Å². The Morgan fingerprint density at radius 1 is 1.39 bits per heavy atom. The lowest BCUT2D eigenvalue weighted by atomic mass is 9.78. The van der Waals surface area contributed by atoms with Crippen molar-refractivity contribution in [2.45, 2.75) is 45.6 Å². The highest BCUT2D eigenvalue weighted by molar-refractivity contribution is 5.55. The molecule has 0 amide bonds. The molecule has 2 aliphatic rings. The number of nitrogens with zero attached hydrogens (tertiary/aromatic N) is 2. The SMILES string of the molecule is CC1=CC(N=CN)=C(C)CC1C1CCCCN1C. The van der Waals surface area contributed by atoms with E-state index in [0.29, 0.717) is 12.0 Å². The minimum Gasteiger partial charge on any atom is -0.390 e. The topological polar surface area (TPSA) is 41.6 Å². The van der Waals surface area contributed by atoms with E-state index in [4.69, 9.17) is 5.73 Å². The van der Waals surface area contributed by atoms with Crippen molar-refractivity contribution in [1.29, 1.82) is 0 Å². The predicted molar refractivity (Wildman–Crippen MR) is 77.5 cm³/mol. The van der Waals surface area contributed by atoms with Gasteiger partial charge in [0.2, 0.25) is 0 Å². The van der Waals surface area contributed by atoms with Crippen molar-refractivity contribution in [3.05, 3.63) is 22.9 Å². The molecule has 3 nitrogen and oxygen atoms in total. The molecule has 1 saturated heterocycles. The van der Waals surface area contributed by atoms with Gasteiger partial charge in [-0.15, -0.1) is 0 Å². The maximum absolute atomic E-state index is 5.40. The normalized spacial score (nSPS) is 30.9. The molecule has 18 heavy (non-hydrogen) atoms. The van der Waals surface area contributed by atoms with E-state index in [1.54, 1.807) is 0 Å². The van der Waals surface area contributed by atoms with E-state index in [9.17, 15) is 0 Å². The van der Waals surface area contributed by atoms with Gasteiger partial charge >= 0.3 is 0 Å². The minimum atomic E-state index is 0.659. The van der Waals surface area contributed by atoms with Crippen LogP contribution in [0.2, 0.25) is 0 Å². The van der Waals surface area contributed by atoms with Gasteiger partial charge in [0.1, 0.15) is 0 Å². The van der Waals surface area contributed by atoms with Gasteiger partial charge in [-0.2, -0.15) is 0 Å². The number of aliphatic imine (C=N–C) groups is 1. The average Bonchev–Trinajstić information content (AvgIpc) is 2.35. The first kappa shape index (κ1) is 13.3. The van der Waals surface area contributed by atoms with Crippen LogP contribution in [-0.4, -0.2) is 30.9 Å². The summed E-state index contributed by atoms with van der Waals surface area (Å²) in [5.74, 6) is 0.659. The second-order valence-electron chi connectivity index (χ2n) is 5.69. The molecule has 0 bridgehead atoms. The van der Waals surface area contributed by atoms with Crippen molar-refractivity contribution in [2.75, 3.05) is 13.6 Å². The number of piperidine rings is 1. The van der Waals surface area contributed by atoms with Gasteiger partial charge in [0.05, 0.1) is 12.0 Å². The van der Waals surface area contributed by atoms with Crippen LogP contribution in [-0.2, 0) is 0 Å². The van der Waals surface area contributed by atoms with E-state index in [2.05, 4.69) is 36.9 Å². The van der Waals surface area contributed by atoms with Crippen LogP contribution in [0.3, 0.4) is 0 Å². The fourth-order valence-corrected chi connectivity index (χ4v) is 3.32. The van der Waals surface area contributed by atoms with Crippen LogP contribution in [0.4, 0.5) is 0 Å². The fourth-order valence-electron chi connectivity index (χ4n) is 3.32. The lowest BCUT2D eigenvalue weighted by Gasteiger charge is -2.40. The van der Waals surface area contributed by atoms with E-state index >= 15 is 0 Å². The van der Waals surface area contributed by atoms with Gasteiger partial charge in [-0.3, -0.25) is 0 Å². The molecule has 100 valence electrons. The number of likely N-dealkylation sites (tertiary alicyclic amines) is 1. The monoisotopic (exact) mass is 247 g/mol. The Morgan fingerprint density at radius 2 is 2.17 bits per heavy atom. The van der Waals surface area contributed by atoms with E-state index in [0.717, 1.165) is 12.1 Å². The fraction of sp³-hybridized carbons (Fsp3) is 0.667. The third-order valence-corrected chi connectivity index (χ3v) is 4.42. The Morgan fingerprint density at radius 3 is 2.83 bits per heavy atom. The van der Waals surface area contributed by atoms with Crippen molar-refractivity contribution >= 4 is 6.34 Å². The smallest absolute Gasteiger partial charge is 0.0860 e. The zero-order valence-corrected chi connectivity index (χ0v) is 11.8. The summed E-state index contributed by atoms with van der Waals surface area (Å²) >= 11 is 0. The van der Waals surface area contributed by atoms with E-state index in [1.165, 1.54) is 43.3 Å². The van der Waals surface area contributed by atoms with Gasteiger partial charge < -0.3 is 10.6 Å². The maximum Gasteiger partial charge on any atom is 0.0860 e. The predicted octanol–water partition coefficient (Wildman–Crippen LogP) is 2.70. The number of rotatable bonds is 2. The molecule has 1 fully saturated rings. The molecule has 2 N–H and O–H groups in total. The van der Waals surface area contributed by atoms with Crippen LogP contribution < -0.4 is 5.73 Å². The van der Waals surface area contributed by atoms with Gasteiger partial charge in [0.25, 0.3) is 0 Å². The Labute approximate surface area is 110 Å². The summed E-state index contributed by atoms with van der Waals surface area (Å²) in [4.78, 5) is 6.79. The van der Waals surface area contributed by atoms with Crippen molar-refractivity contribution < 1.29 is 0 Å². The van der Waals surface area contributed by atoms with Crippen LogP contribution in [0, 0.1) is 5.92 Å². The summed E-state index contributed by atoms with van der Waals surface area (Å²) in [5, 5.41) is 0. The largest absolute Gasteiger partial charge is 0.390 e. The first-order chi connectivity index (χ1) is 8.63. The minimum absolute atomic E-state index is 0.659. The molecular formula is C15H25N3. The standard InChI is InChI=1S/C15H25N3/c1-11-9-14(17-10-16)12(2)8-13(11)15-6-4-5-7-18(15)3/h9-10,13,15H,4-8H2,1-3H3,(H2,16,17). The molecule has 0 aromatic rings. The van der Waals surface area contributed by atoms with E-state index in [1.807, 2.05) is 0 Å². The molecule has 0 radical (unpaired) electrons. The molecule has 2 unspecified atom stereocenters. The zero-order valence-electron chi connectivity index (χ0n) is 11.8. The summed E-state index contributed by atoms with van der Waals surface area (Å²) < 4.78 is 0. The molecule has 0 aromatic heterocycles. The molecule has 2 rings (SSSR count). The van der Waals surface area contributed by atoms with Crippen molar-refractivity contribution in [3.8, 4) is 0 Å². The highest BCUT2D eigenvalue weighted by Crippen LogP contribution is 2.36. The second kappa shape index (κ2) is 5.70. The summed E-state index contributed by atoms with van der Waals surface area (Å²) in [5.41, 5.74) is 9.29. The van der Waals surface area contributed by atoms with Crippen LogP contribution >= 0.6 is 0 Å². The van der Waals surface area contributed by atoms with Crippen molar-refractivity contribution in [1.82, 2.24) is 4.90 Å². The van der Waals surface area contributed by atoms with E-state index < -0.39 is 0 Å². The van der Waals surface area contributed by atoms with Gasteiger partial charge in [-0.1, -0.05) is 12.0 Å². The summed E-state index contributed by atoms with van der Waals surface area (Å²) in [7, 11) is 2.27. The summed E-state index contributed by atoms with van der Waals surface area (Å²) in [6.45, 7) is 5.66. The number of hydrogen-bond donors (Lipinski definition) is 1. The number of hydrogen-bond acceptors (Lipinski definition) is 2. The molecule has 1 heterocycles. The number of nitrogens with two attached hydrogens (primary N) is 1. The molecule has 1 aliphatic carbocycles. The van der Waals surface area contributed by atoms with Gasteiger partial charge in [0.15, 0.2) is 0 Å². The highest BCUT2D eigenvalue weighted by atomic mass is 15.1. The highest BCUT2D eigenvalue weighted by Gasteiger charge is 2.30. The molecular weight excluding hydrogens is 222 g/mol. The molecule has 0 aromatic carbocycles. The van der Waals surface area contributed by atoms with Gasteiger partial charge in [-0.25, -0.2) is 4.99 Å². The van der Waals surface area contributed by atoms with Crippen LogP contribution in [0.5, 0.6) is 0 Å². The lowest BCUT2D eigenvalue weighted by molar-refractivity contribution is 0.142. The third kappa shape index (κ3) is 2.66. The Balaban J connectivity index is 2.16. The molecule has 3 heteroatoms. The third-order valence-electron chi connectivity index (χ3n) is 4.42. The van der Waals surface area contributed by atoms with Gasteiger partial charge in [-0.05, 0) is 64.3 Å². The molecule has 1 aliphatic heterocycles. The summed E-state index contributed by atoms with van der Waals surface area (Å²) in [6, 6.07) is 0.702. The van der Waals surface area contributed by atoms with Gasteiger partial charge in [0, 0.05) is 6.04 Å². The Bertz CT molecular complexity index is 393. The second-order valence-corrected chi connectivity index (χ2v) is 5.69. The quantitative estimate of drug-likeness (QED) is 0.602. The van der Waals surface area contributed by atoms with Crippen molar-refractivity contribution in [2.24, 2.45) is 16.6 Å².